The van der Waals surface area contributed by atoms with Crippen LogP contribution in [-0.4, -0.2) is 36.6 Å². The molecular weight excluding hydrogens is 208 g/mol. The van der Waals surface area contributed by atoms with Crippen molar-refractivity contribution in [3.05, 3.63) is 0 Å². The highest BCUT2D eigenvalue weighted by Crippen LogP contribution is 2.26. The number of nitrogens with one attached hydrogen (secondary N) is 1. The zero-order valence-electron chi connectivity index (χ0n) is 12.7. The molecule has 2 nitrogen and oxygen atoms in total. The number of rotatable bonds is 5. The third-order valence-corrected chi connectivity index (χ3v) is 4.12. The van der Waals surface area contributed by atoms with Crippen molar-refractivity contribution in [2.45, 2.75) is 66.5 Å². The van der Waals surface area contributed by atoms with Gasteiger partial charge in [-0.3, -0.25) is 4.90 Å². The van der Waals surface area contributed by atoms with Crippen LogP contribution in [0.3, 0.4) is 0 Å². The molecule has 1 aliphatic rings. The summed E-state index contributed by atoms with van der Waals surface area (Å²) < 4.78 is 0. The van der Waals surface area contributed by atoms with Crippen molar-refractivity contribution in [1.82, 2.24) is 10.2 Å². The van der Waals surface area contributed by atoms with Gasteiger partial charge in [-0.25, -0.2) is 0 Å². The molecule has 0 aromatic heterocycles. The van der Waals surface area contributed by atoms with Crippen LogP contribution in [0.2, 0.25) is 0 Å². The fourth-order valence-corrected chi connectivity index (χ4v) is 2.73. The fraction of sp³-hybridized carbons (Fsp3) is 1.00. The van der Waals surface area contributed by atoms with Crippen LogP contribution in [0.4, 0.5) is 0 Å². The molecule has 1 saturated heterocycles. The number of nitrogens with zero attached hydrogens (tertiary/aromatic N) is 1. The van der Waals surface area contributed by atoms with Crippen molar-refractivity contribution in [2.24, 2.45) is 11.3 Å². The van der Waals surface area contributed by atoms with E-state index in [2.05, 4.69) is 51.8 Å². The Morgan fingerprint density at radius 1 is 1.29 bits per heavy atom. The molecule has 0 aromatic rings. The molecule has 1 aliphatic heterocycles. The normalized spacial score (nSPS) is 27.7. The first-order chi connectivity index (χ1) is 7.82. The zero-order valence-corrected chi connectivity index (χ0v) is 12.7. The first-order valence-corrected chi connectivity index (χ1v) is 7.29. The molecule has 1 rings (SSSR count). The van der Waals surface area contributed by atoms with Gasteiger partial charge in [-0.15, -0.1) is 0 Å². The van der Waals surface area contributed by atoms with Gasteiger partial charge in [0.25, 0.3) is 0 Å². The average molecular weight is 240 g/mol. The second-order valence-corrected chi connectivity index (χ2v) is 7.03. The van der Waals surface area contributed by atoms with Crippen molar-refractivity contribution in [3.8, 4) is 0 Å². The van der Waals surface area contributed by atoms with Gasteiger partial charge in [-0.2, -0.15) is 0 Å². The van der Waals surface area contributed by atoms with Crippen LogP contribution < -0.4 is 5.32 Å². The second kappa shape index (κ2) is 6.19. The topological polar surface area (TPSA) is 15.3 Å². The predicted molar refractivity (Wildman–Crippen MR) is 76.4 cm³/mol. The summed E-state index contributed by atoms with van der Waals surface area (Å²) in [5, 5.41) is 3.57. The third-order valence-electron chi connectivity index (χ3n) is 4.12. The summed E-state index contributed by atoms with van der Waals surface area (Å²) in [6.45, 7) is 17.6. The molecule has 2 heteroatoms. The number of hydrogen-bond donors (Lipinski definition) is 1. The number of likely N-dealkylation sites (tertiary alicyclic amines) is 1. The Morgan fingerprint density at radius 2 is 1.94 bits per heavy atom. The highest BCUT2D eigenvalue weighted by molar-refractivity contribution is 4.84. The predicted octanol–water partition coefficient (Wildman–Crippen LogP) is 3.13. The Kier molecular flexibility index (Phi) is 5.46. The monoisotopic (exact) mass is 240 g/mol. The van der Waals surface area contributed by atoms with E-state index in [4.69, 9.17) is 0 Å². The minimum Gasteiger partial charge on any atom is -0.314 e. The average Bonchev–Trinajstić information content (AvgIpc) is 2.22. The minimum atomic E-state index is 0.371. The standard InChI is InChI=1S/C15H32N2/c1-12(2)16-10-15(5,6)11-17-9-7-8-13(3)14(17)4/h12-14,16H,7-11H2,1-6H3. The van der Waals surface area contributed by atoms with Crippen LogP contribution in [-0.2, 0) is 0 Å². The minimum absolute atomic E-state index is 0.371. The highest BCUT2D eigenvalue weighted by Gasteiger charge is 2.29. The van der Waals surface area contributed by atoms with E-state index < -0.39 is 0 Å². The van der Waals surface area contributed by atoms with Crippen LogP contribution in [0.25, 0.3) is 0 Å². The first kappa shape index (κ1) is 15.0. The number of hydrogen-bond acceptors (Lipinski definition) is 2. The van der Waals surface area contributed by atoms with E-state index >= 15 is 0 Å². The van der Waals surface area contributed by atoms with E-state index in [0.29, 0.717) is 11.5 Å². The zero-order chi connectivity index (χ0) is 13.1. The van der Waals surface area contributed by atoms with Crippen LogP contribution in [0.5, 0.6) is 0 Å². The van der Waals surface area contributed by atoms with Gasteiger partial charge in [-0.1, -0.05) is 34.6 Å². The molecule has 2 unspecified atom stereocenters. The summed E-state index contributed by atoms with van der Waals surface area (Å²) in [7, 11) is 0. The van der Waals surface area contributed by atoms with E-state index in [1.807, 2.05) is 0 Å². The SMILES string of the molecule is CC(C)NCC(C)(C)CN1CCCC(C)C1C. The largest absolute Gasteiger partial charge is 0.314 e. The smallest absolute Gasteiger partial charge is 0.00928 e. The molecule has 0 amide bonds. The van der Waals surface area contributed by atoms with Crippen LogP contribution >= 0.6 is 0 Å². The highest BCUT2D eigenvalue weighted by atomic mass is 15.2. The van der Waals surface area contributed by atoms with Crippen molar-refractivity contribution >= 4 is 0 Å². The number of piperidine rings is 1. The Morgan fingerprint density at radius 3 is 2.53 bits per heavy atom. The van der Waals surface area contributed by atoms with Gasteiger partial charge in [0, 0.05) is 25.2 Å². The Balaban J connectivity index is 2.45. The molecule has 17 heavy (non-hydrogen) atoms. The molecule has 0 aromatic carbocycles. The van der Waals surface area contributed by atoms with Crippen LogP contribution in [0.15, 0.2) is 0 Å². The Hall–Kier alpha value is -0.0800. The maximum atomic E-state index is 3.57. The molecule has 1 N–H and O–H groups in total. The fourth-order valence-electron chi connectivity index (χ4n) is 2.73. The maximum Gasteiger partial charge on any atom is 0.00928 e. The van der Waals surface area contributed by atoms with Gasteiger partial charge in [0.15, 0.2) is 0 Å². The molecule has 1 fully saturated rings. The van der Waals surface area contributed by atoms with E-state index in [-0.39, 0.29) is 0 Å². The lowest BCUT2D eigenvalue weighted by Gasteiger charge is -2.42. The quantitative estimate of drug-likeness (QED) is 0.794. The molecule has 0 aliphatic carbocycles. The third kappa shape index (κ3) is 4.97. The Bertz CT molecular complexity index is 223. The van der Waals surface area contributed by atoms with Crippen molar-refractivity contribution in [3.63, 3.8) is 0 Å². The van der Waals surface area contributed by atoms with Crippen LogP contribution in [0.1, 0.15) is 54.4 Å². The molecule has 102 valence electrons. The van der Waals surface area contributed by atoms with Crippen molar-refractivity contribution in [1.29, 1.82) is 0 Å². The van der Waals surface area contributed by atoms with Crippen LogP contribution in [0, 0.1) is 11.3 Å². The van der Waals surface area contributed by atoms with Gasteiger partial charge in [0.2, 0.25) is 0 Å². The molecule has 2 atom stereocenters. The molecular formula is C15H32N2. The van der Waals surface area contributed by atoms with Gasteiger partial charge in [0.05, 0.1) is 0 Å². The molecule has 1 heterocycles. The summed E-state index contributed by atoms with van der Waals surface area (Å²) in [4.78, 5) is 2.69. The lowest BCUT2D eigenvalue weighted by Crippen LogP contribution is -2.49. The van der Waals surface area contributed by atoms with Crippen molar-refractivity contribution < 1.29 is 0 Å². The molecule has 0 bridgehead atoms. The van der Waals surface area contributed by atoms with Gasteiger partial charge in [0.1, 0.15) is 0 Å². The van der Waals surface area contributed by atoms with Gasteiger partial charge in [-0.05, 0) is 37.6 Å². The molecule has 0 saturated carbocycles. The second-order valence-electron chi connectivity index (χ2n) is 7.03. The van der Waals surface area contributed by atoms with E-state index in [9.17, 15) is 0 Å². The summed E-state index contributed by atoms with van der Waals surface area (Å²) in [5.74, 6) is 0.859. The van der Waals surface area contributed by atoms with E-state index in [0.717, 1.165) is 18.5 Å². The molecule has 0 radical (unpaired) electrons. The van der Waals surface area contributed by atoms with E-state index in [1.54, 1.807) is 0 Å². The van der Waals surface area contributed by atoms with E-state index in [1.165, 1.54) is 25.9 Å². The van der Waals surface area contributed by atoms with Crippen molar-refractivity contribution in [2.75, 3.05) is 19.6 Å². The lowest BCUT2D eigenvalue weighted by molar-refractivity contribution is 0.0712. The Labute approximate surface area is 108 Å². The summed E-state index contributed by atoms with van der Waals surface area (Å²) in [6, 6.07) is 1.34. The summed E-state index contributed by atoms with van der Waals surface area (Å²) >= 11 is 0. The maximum absolute atomic E-state index is 3.57. The summed E-state index contributed by atoms with van der Waals surface area (Å²) in [5.41, 5.74) is 0.371. The first-order valence-electron chi connectivity index (χ1n) is 7.29. The lowest BCUT2D eigenvalue weighted by atomic mass is 9.87. The molecule has 0 spiro atoms. The van der Waals surface area contributed by atoms with Gasteiger partial charge >= 0.3 is 0 Å². The summed E-state index contributed by atoms with van der Waals surface area (Å²) in [6.07, 6.45) is 2.78. The van der Waals surface area contributed by atoms with Gasteiger partial charge < -0.3 is 5.32 Å².